The quantitative estimate of drug-likeness (QED) is 0.459. The van der Waals surface area contributed by atoms with E-state index < -0.39 is 0 Å². The van der Waals surface area contributed by atoms with E-state index in [-0.39, 0.29) is 17.1 Å². The number of hydrogen-bond donors (Lipinski definition) is 2. The Bertz CT molecular complexity index is 587. The molecular formula is C18H28N2O3. The molecule has 23 heavy (non-hydrogen) atoms. The molecule has 1 aliphatic rings. The van der Waals surface area contributed by atoms with Gasteiger partial charge in [0.15, 0.2) is 5.78 Å². The first-order valence-corrected chi connectivity index (χ1v) is 8.49. The van der Waals surface area contributed by atoms with Crippen molar-refractivity contribution in [1.82, 2.24) is 10.0 Å². The van der Waals surface area contributed by atoms with Crippen molar-refractivity contribution in [2.24, 2.45) is 5.41 Å². The van der Waals surface area contributed by atoms with Crippen LogP contribution < -0.4 is 5.48 Å². The predicted molar refractivity (Wildman–Crippen MR) is 88.6 cm³/mol. The number of rotatable bonds is 7. The monoisotopic (exact) mass is 320 g/mol. The Labute approximate surface area is 138 Å². The van der Waals surface area contributed by atoms with Crippen LogP contribution in [0.1, 0.15) is 74.1 Å². The number of hydroxylamine groups is 1. The first-order chi connectivity index (χ1) is 10.8. The summed E-state index contributed by atoms with van der Waals surface area (Å²) in [5, 5.41) is 8.44. The lowest BCUT2D eigenvalue weighted by atomic mass is 9.76. The van der Waals surface area contributed by atoms with Crippen molar-refractivity contribution in [2.45, 2.75) is 72.3 Å². The number of Topliss-reactive ketones (excluding diaryl/α,β-unsaturated/α-hetero) is 1. The third kappa shape index (κ3) is 4.44. The van der Waals surface area contributed by atoms with E-state index in [0.717, 1.165) is 44.2 Å². The van der Waals surface area contributed by atoms with Gasteiger partial charge in [0.1, 0.15) is 0 Å². The SMILES string of the molecule is Cc1cc2c(n1CCCCCCC(=O)NO)CC(C)(C)CC2=O. The zero-order chi connectivity index (χ0) is 17.0. The lowest BCUT2D eigenvalue weighted by Gasteiger charge is -2.30. The van der Waals surface area contributed by atoms with Crippen molar-refractivity contribution >= 4 is 11.7 Å². The second kappa shape index (κ2) is 7.30. The van der Waals surface area contributed by atoms with Crippen molar-refractivity contribution in [3.8, 4) is 0 Å². The van der Waals surface area contributed by atoms with Gasteiger partial charge in [-0.25, -0.2) is 5.48 Å². The summed E-state index contributed by atoms with van der Waals surface area (Å²) in [5.74, 6) is -0.0471. The smallest absolute Gasteiger partial charge is 0.243 e. The van der Waals surface area contributed by atoms with Gasteiger partial charge in [-0.1, -0.05) is 26.7 Å². The Morgan fingerprint density at radius 1 is 1.26 bits per heavy atom. The average Bonchev–Trinajstić information content (AvgIpc) is 2.78. The summed E-state index contributed by atoms with van der Waals surface area (Å²) < 4.78 is 2.30. The van der Waals surface area contributed by atoms with E-state index in [4.69, 9.17) is 5.21 Å². The van der Waals surface area contributed by atoms with Crippen molar-refractivity contribution in [3.05, 3.63) is 23.0 Å². The molecule has 0 spiro atoms. The lowest BCUT2D eigenvalue weighted by Crippen LogP contribution is -2.28. The number of amides is 1. The maximum Gasteiger partial charge on any atom is 0.243 e. The van der Waals surface area contributed by atoms with Crippen LogP contribution in [0.25, 0.3) is 0 Å². The highest BCUT2D eigenvalue weighted by Crippen LogP contribution is 2.36. The van der Waals surface area contributed by atoms with Crippen molar-refractivity contribution in [2.75, 3.05) is 0 Å². The molecule has 0 bridgehead atoms. The number of nitrogens with zero attached hydrogens (tertiary/aromatic N) is 1. The van der Waals surface area contributed by atoms with Crippen LogP contribution in [0.4, 0.5) is 0 Å². The number of fused-ring (bicyclic) bond motifs is 1. The summed E-state index contributed by atoms with van der Waals surface area (Å²) in [4.78, 5) is 23.2. The molecule has 2 rings (SSSR count). The molecule has 0 saturated carbocycles. The molecule has 0 fully saturated rings. The topological polar surface area (TPSA) is 71.3 Å². The molecule has 2 N–H and O–H groups in total. The maximum absolute atomic E-state index is 12.3. The third-order valence-corrected chi connectivity index (χ3v) is 4.66. The molecule has 128 valence electrons. The molecule has 1 amide bonds. The normalized spacial score (nSPS) is 16.3. The highest BCUT2D eigenvalue weighted by molar-refractivity contribution is 5.99. The predicted octanol–water partition coefficient (Wildman–Crippen LogP) is 3.41. The van der Waals surface area contributed by atoms with Gasteiger partial charge in [0.05, 0.1) is 0 Å². The number of aromatic nitrogens is 1. The Hall–Kier alpha value is -1.62. The Morgan fingerprint density at radius 3 is 2.65 bits per heavy atom. The van der Waals surface area contributed by atoms with E-state index in [9.17, 15) is 9.59 Å². The Balaban J connectivity index is 1.89. The minimum atomic E-state index is -0.318. The second-order valence-corrected chi connectivity index (χ2v) is 7.44. The van der Waals surface area contributed by atoms with E-state index in [1.165, 1.54) is 11.4 Å². The van der Waals surface area contributed by atoms with E-state index >= 15 is 0 Å². The highest BCUT2D eigenvalue weighted by atomic mass is 16.5. The molecule has 0 aromatic carbocycles. The minimum absolute atomic E-state index is 0.0459. The fraction of sp³-hybridized carbons (Fsp3) is 0.667. The third-order valence-electron chi connectivity index (χ3n) is 4.66. The van der Waals surface area contributed by atoms with Crippen molar-refractivity contribution < 1.29 is 14.8 Å². The summed E-state index contributed by atoms with van der Waals surface area (Å²) >= 11 is 0. The van der Waals surface area contributed by atoms with Gasteiger partial charge in [-0.3, -0.25) is 14.8 Å². The van der Waals surface area contributed by atoms with Gasteiger partial charge in [-0.05, 0) is 37.7 Å². The van der Waals surface area contributed by atoms with Gasteiger partial charge in [0.25, 0.3) is 0 Å². The lowest BCUT2D eigenvalue weighted by molar-refractivity contribution is -0.129. The fourth-order valence-electron chi connectivity index (χ4n) is 3.48. The van der Waals surface area contributed by atoms with Crippen LogP contribution in [-0.4, -0.2) is 21.5 Å². The summed E-state index contributed by atoms with van der Waals surface area (Å²) in [6.07, 6.45) is 5.81. The first-order valence-electron chi connectivity index (χ1n) is 8.49. The van der Waals surface area contributed by atoms with Crippen molar-refractivity contribution in [3.63, 3.8) is 0 Å². The van der Waals surface area contributed by atoms with E-state index in [0.29, 0.717) is 12.8 Å². The zero-order valence-corrected chi connectivity index (χ0v) is 14.4. The molecule has 0 atom stereocenters. The number of ketones is 1. The van der Waals surface area contributed by atoms with Crippen LogP contribution in [0.3, 0.4) is 0 Å². The van der Waals surface area contributed by atoms with Crippen LogP contribution in [0.15, 0.2) is 6.07 Å². The first kappa shape index (κ1) is 17.7. The number of aryl methyl sites for hydroxylation is 1. The van der Waals surface area contributed by atoms with Gasteiger partial charge < -0.3 is 4.57 Å². The molecule has 1 aromatic rings. The molecule has 0 aliphatic heterocycles. The van der Waals surface area contributed by atoms with E-state index in [2.05, 4.69) is 25.3 Å². The van der Waals surface area contributed by atoms with Crippen LogP contribution in [0.2, 0.25) is 0 Å². The molecule has 1 aromatic heterocycles. The average molecular weight is 320 g/mol. The van der Waals surface area contributed by atoms with Crippen LogP contribution in [-0.2, 0) is 17.8 Å². The van der Waals surface area contributed by atoms with Gasteiger partial charge in [0, 0.05) is 36.3 Å². The largest absolute Gasteiger partial charge is 0.348 e. The number of carbonyl (C=O) groups is 2. The molecular weight excluding hydrogens is 292 g/mol. The summed E-state index contributed by atoms with van der Waals surface area (Å²) in [7, 11) is 0. The molecule has 0 unspecified atom stereocenters. The molecule has 5 heteroatoms. The van der Waals surface area contributed by atoms with Crippen LogP contribution in [0, 0.1) is 12.3 Å². The van der Waals surface area contributed by atoms with E-state index in [1.807, 2.05) is 6.07 Å². The van der Waals surface area contributed by atoms with Gasteiger partial charge >= 0.3 is 0 Å². The van der Waals surface area contributed by atoms with Gasteiger partial charge in [-0.2, -0.15) is 0 Å². The Morgan fingerprint density at radius 2 is 1.96 bits per heavy atom. The number of nitrogens with one attached hydrogen (secondary N) is 1. The summed E-state index contributed by atoms with van der Waals surface area (Å²) in [6.45, 7) is 7.32. The molecule has 0 saturated heterocycles. The van der Waals surface area contributed by atoms with Gasteiger partial charge in [0.2, 0.25) is 5.91 Å². The number of hydrogen-bond acceptors (Lipinski definition) is 3. The number of carbonyl (C=O) groups excluding carboxylic acids is 2. The standard InChI is InChI=1S/C18H28N2O3/c1-13-10-14-15(11-18(2,3)12-16(14)21)20(13)9-7-5-4-6-8-17(22)19-23/h10,23H,4-9,11-12H2,1-3H3,(H,19,22). The Kier molecular flexibility index (Phi) is 5.63. The fourth-order valence-corrected chi connectivity index (χ4v) is 3.48. The van der Waals surface area contributed by atoms with E-state index in [1.54, 1.807) is 5.48 Å². The molecule has 0 radical (unpaired) electrons. The maximum atomic E-state index is 12.3. The summed E-state index contributed by atoms with van der Waals surface area (Å²) in [5.41, 5.74) is 4.99. The minimum Gasteiger partial charge on any atom is -0.348 e. The summed E-state index contributed by atoms with van der Waals surface area (Å²) in [6, 6.07) is 2.04. The second-order valence-electron chi connectivity index (χ2n) is 7.44. The molecule has 1 aliphatic carbocycles. The van der Waals surface area contributed by atoms with Crippen LogP contribution >= 0.6 is 0 Å². The number of unbranched alkanes of at least 4 members (excludes halogenated alkanes) is 3. The zero-order valence-electron chi connectivity index (χ0n) is 14.4. The highest BCUT2D eigenvalue weighted by Gasteiger charge is 2.33. The van der Waals surface area contributed by atoms with Crippen molar-refractivity contribution in [1.29, 1.82) is 0 Å². The van der Waals surface area contributed by atoms with Crippen LogP contribution in [0.5, 0.6) is 0 Å². The van der Waals surface area contributed by atoms with Gasteiger partial charge in [-0.15, -0.1) is 0 Å². The molecule has 5 nitrogen and oxygen atoms in total. The molecule has 1 heterocycles.